The van der Waals surface area contributed by atoms with E-state index in [0.717, 1.165) is 11.1 Å². The number of halogens is 2. The number of nitrogens with zero attached hydrogens (tertiary/aromatic N) is 3. The highest BCUT2D eigenvalue weighted by Crippen LogP contribution is 2.60. The van der Waals surface area contributed by atoms with E-state index >= 15 is 0 Å². The molecule has 0 saturated heterocycles. The van der Waals surface area contributed by atoms with Crippen molar-refractivity contribution in [2.45, 2.75) is 39.2 Å². The summed E-state index contributed by atoms with van der Waals surface area (Å²) in [5.74, 6) is -3.64. The van der Waals surface area contributed by atoms with Crippen LogP contribution in [0.15, 0.2) is 36.4 Å². The van der Waals surface area contributed by atoms with E-state index in [4.69, 9.17) is 0 Å². The number of carbonyl (C=O) groups is 1. The lowest BCUT2D eigenvalue weighted by Crippen LogP contribution is -2.20. The van der Waals surface area contributed by atoms with E-state index in [1.165, 1.54) is 13.0 Å². The first-order valence-corrected chi connectivity index (χ1v) is 10.5. The van der Waals surface area contributed by atoms with Crippen LogP contribution in [0.2, 0.25) is 0 Å². The monoisotopic (exact) mass is 451 g/mol. The van der Waals surface area contributed by atoms with E-state index in [2.05, 4.69) is 20.6 Å². The largest absolute Gasteiger partial charge is 0.478 e. The van der Waals surface area contributed by atoms with Gasteiger partial charge >= 0.3 is 5.97 Å². The molecule has 3 N–H and O–H groups in total. The molecule has 0 spiro atoms. The zero-order valence-electron chi connectivity index (χ0n) is 18.4. The molecule has 2 unspecified atom stereocenters. The van der Waals surface area contributed by atoms with Crippen LogP contribution in [0.25, 0.3) is 11.0 Å². The summed E-state index contributed by atoms with van der Waals surface area (Å²) in [5.41, 5.74) is 2.08. The van der Waals surface area contributed by atoms with Gasteiger partial charge in [-0.15, -0.1) is 0 Å². The maximum atomic E-state index is 13.6. The van der Waals surface area contributed by atoms with Gasteiger partial charge in [-0.3, -0.25) is 0 Å². The smallest absolute Gasteiger partial charge is 0.337 e. The lowest BCUT2D eigenvalue weighted by Gasteiger charge is -2.20. The summed E-state index contributed by atoms with van der Waals surface area (Å²) in [7, 11) is 0. The average Bonchev–Trinajstić information content (AvgIpc) is 3.28. The summed E-state index contributed by atoms with van der Waals surface area (Å²) in [4.78, 5) is 20.6. The second-order valence-corrected chi connectivity index (χ2v) is 8.77. The van der Waals surface area contributed by atoms with Crippen LogP contribution in [0.4, 0.5) is 20.3 Å². The molecule has 170 valence electrons. The van der Waals surface area contributed by atoms with Crippen molar-refractivity contribution in [3.8, 4) is 6.07 Å². The number of aryl methyl sites for hydroxylation is 1. The first kappa shape index (κ1) is 22.4. The van der Waals surface area contributed by atoms with Crippen molar-refractivity contribution in [2.24, 2.45) is 5.41 Å². The number of nitriles is 1. The van der Waals surface area contributed by atoms with Crippen LogP contribution in [0.1, 0.15) is 53.5 Å². The molecule has 1 aliphatic carbocycles. The van der Waals surface area contributed by atoms with Gasteiger partial charge in [0.15, 0.2) is 11.5 Å². The van der Waals surface area contributed by atoms with Gasteiger partial charge in [-0.2, -0.15) is 5.26 Å². The van der Waals surface area contributed by atoms with E-state index in [-0.39, 0.29) is 36.1 Å². The van der Waals surface area contributed by atoms with E-state index in [0.29, 0.717) is 16.7 Å². The Kier molecular flexibility index (Phi) is 5.40. The minimum atomic E-state index is -2.74. The van der Waals surface area contributed by atoms with Crippen molar-refractivity contribution >= 4 is 28.5 Å². The summed E-state index contributed by atoms with van der Waals surface area (Å²) in [6.07, 6.45) is -0.218. The zero-order valence-corrected chi connectivity index (χ0v) is 18.4. The average molecular weight is 451 g/mol. The lowest BCUT2D eigenvalue weighted by atomic mass is 10.0. The molecule has 0 aliphatic heterocycles. The summed E-state index contributed by atoms with van der Waals surface area (Å²) in [5, 5.41) is 25.1. The lowest BCUT2D eigenvalue weighted by molar-refractivity contribution is 0.0696. The van der Waals surface area contributed by atoms with E-state index in [1.54, 1.807) is 24.3 Å². The Hall–Kier alpha value is -3.80. The maximum absolute atomic E-state index is 13.6. The highest BCUT2D eigenvalue weighted by atomic mass is 19.3. The Bertz CT molecular complexity index is 1300. The summed E-state index contributed by atoms with van der Waals surface area (Å²) in [6.45, 7) is 5.21. The molecular weight excluding hydrogens is 428 g/mol. The molecule has 1 saturated carbocycles. The molecule has 2 atom stereocenters. The Morgan fingerprint density at radius 1 is 1.30 bits per heavy atom. The van der Waals surface area contributed by atoms with Crippen LogP contribution in [0.3, 0.4) is 0 Å². The molecule has 7 nitrogen and oxygen atoms in total. The third kappa shape index (κ3) is 4.16. The van der Waals surface area contributed by atoms with Crippen LogP contribution in [0.5, 0.6) is 0 Å². The summed E-state index contributed by atoms with van der Waals surface area (Å²) >= 11 is 0. The summed E-state index contributed by atoms with van der Waals surface area (Å²) < 4.78 is 27.3. The van der Waals surface area contributed by atoms with Crippen LogP contribution < -0.4 is 10.6 Å². The number of hydrogen-bond acceptors (Lipinski definition) is 6. The van der Waals surface area contributed by atoms with Gasteiger partial charge < -0.3 is 15.7 Å². The number of anilines is 2. The number of alkyl halides is 2. The topological polar surface area (TPSA) is 111 Å². The predicted molar refractivity (Wildman–Crippen MR) is 121 cm³/mol. The number of para-hydroxylation sites is 1. The Morgan fingerprint density at radius 3 is 2.64 bits per heavy atom. The molecule has 1 heterocycles. The van der Waals surface area contributed by atoms with Gasteiger partial charge in [0.25, 0.3) is 5.92 Å². The van der Waals surface area contributed by atoms with E-state index in [9.17, 15) is 23.9 Å². The molecule has 3 aromatic rings. The van der Waals surface area contributed by atoms with Gasteiger partial charge in [0.1, 0.15) is 6.07 Å². The number of carboxylic acid groups (broad SMARTS) is 1. The van der Waals surface area contributed by atoms with E-state index in [1.807, 2.05) is 26.0 Å². The molecular formula is C24H23F2N5O2. The molecule has 1 aliphatic rings. The molecule has 4 rings (SSSR count). The highest BCUT2D eigenvalue weighted by molar-refractivity contribution is 5.94. The van der Waals surface area contributed by atoms with Crippen LogP contribution in [0, 0.1) is 23.7 Å². The van der Waals surface area contributed by atoms with Crippen molar-refractivity contribution in [1.82, 2.24) is 9.97 Å². The fourth-order valence-electron chi connectivity index (χ4n) is 3.89. The number of carboxylic acids is 1. The molecule has 33 heavy (non-hydrogen) atoms. The van der Waals surface area contributed by atoms with Gasteiger partial charge in [-0.1, -0.05) is 25.1 Å². The van der Waals surface area contributed by atoms with Gasteiger partial charge in [0, 0.05) is 24.2 Å². The second kappa shape index (κ2) is 7.96. The second-order valence-electron chi connectivity index (χ2n) is 8.77. The molecule has 1 aromatic heterocycles. The molecule has 1 fully saturated rings. The number of benzene rings is 2. The minimum absolute atomic E-state index is 0.0310. The molecule has 0 radical (unpaired) electrons. The Morgan fingerprint density at radius 2 is 2.00 bits per heavy atom. The number of nitrogens with one attached hydrogen (secondary N) is 2. The van der Waals surface area contributed by atoms with Crippen molar-refractivity contribution in [1.29, 1.82) is 5.26 Å². The van der Waals surface area contributed by atoms with Gasteiger partial charge in [0.2, 0.25) is 0 Å². The number of hydrogen-bond donors (Lipinski definition) is 3. The number of rotatable bonds is 7. The quantitative estimate of drug-likeness (QED) is 0.456. The number of aromatic nitrogens is 2. The van der Waals surface area contributed by atoms with Crippen LogP contribution in [-0.2, 0) is 0 Å². The van der Waals surface area contributed by atoms with Gasteiger partial charge in [-0.05, 0) is 37.6 Å². The number of aromatic carboxylic acids is 1. The fourth-order valence-corrected chi connectivity index (χ4v) is 3.89. The molecule has 2 aromatic carbocycles. The maximum Gasteiger partial charge on any atom is 0.337 e. The Labute approximate surface area is 189 Å². The SMILES string of the molecule is Cc1cc(C(C)Nc2ccccc2C(=O)O)c2nc(NCC3(C)CC3(F)F)c(C#N)nc2c1. The van der Waals surface area contributed by atoms with Crippen LogP contribution >= 0.6 is 0 Å². The minimum Gasteiger partial charge on any atom is -0.478 e. The molecule has 0 amide bonds. The van der Waals surface area contributed by atoms with E-state index < -0.39 is 17.3 Å². The van der Waals surface area contributed by atoms with Gasteiger partial charge in [0.05, 0.1) is 28.1 Å². The van der Waals surface area contributed by atoms with Gasteiger partial charge in [-0.25, -0.2) is 23.5 Å². The van der Waals surface area contributed by atoms with Crippen molar-refractivity contribution < 1.29 is 18.7 Å². The normalized spacial score (nSPS) is 19.5. The Balaban J connectivity index is 1.72. The first-order chi connectivity index (χ1) is 15.5. The predicted octanol–water partition coefficient (Wildman–Crippen LogP) is 5.14. The molecule has 0 bridgehead atoms. The highest BCUT2D eigenvalue weighted by Gasteiger charge is 2.67. The fraction of sp³-hybridized carbons (Fsp3) is 0.333. The van der Waals surface area contributed by atoms with Crippen molar-refractivity contribution in [2.75, 3.05) is 17.2 Å². The summed E-state index contributed by atoms with van der Waals surface area (Å²) in [6, 6.07) is 11.9. The zero-order chi connectivity index (χ0) is 24.0. The molecule has 9 heteroatoms. The first-order valence-electron chi connectivity index (χ1n) is 10.5. The number of fused-ring (bicyclic) bond motifs is 1. The third-order valence-corrected chi connectivity index (χ3v) is 6.06. The van der Waals surface area contributed by atoms with Crippen LogP contribution in [-0.4, -0.2) is 33.5 Å². The third-order valence-electron chi connectivity index (χ3n) is 6.06. The van der Waals surface area contributed by atoms with Crippen molar-refractivity contribution in [3.63, 3.8) is 0 Å². The standard InChI is InChI=1S/C24H23F2N5O2/c1-13-8-16(14(2)29-17-7-5-4-6-15(17)22(32)33)20-18(9-13)30-19(10-27)21(31-20)28-12-23(3)11-24(23,25)26/h4-9,14,29H,11-12H2,1-3H3,(H,28,31)(H,32,33). The van der Waals surface area contributed by atoms with Crippen molar-refractivity contribution in [3.05, 3.63) is 58.8 Å².